The maximum Gasteiger partial charge on any atom is 0.383 e. The molecule has 5 nitrogen and oxygen atoms in total. The van der Waals surface area contributed by atoms with Crippen molar-refractivity contribution < 1.29 is 27.6 Å². The summed E-state index contributed by atoms with van der Waals surface area (Å²) in [6.07, 6.45) is -3.27. The summed E-state index contributed by atoms with van der Waals surface area (Å²) in [4.78, 5) is 0. The molecular formula is C17H24ClF2NO4. The monoisotopic (exact) mass is 379 g/mol. The van der Waals surface area contributed by atoms with Gasteiger partial charge in [-0.2, -0.15) is 8.78 Å². The minimum Gasteiger partial charge on any atom is -0.627 e. The molecule has 0 unspecified atom stereocenters. The van der Waals surface area contributed by atoms with Gasteiger partial charge in [0.25, 0.3) is 0 Å². The van der Waals surface area contributed by atoms with E-state index in [1.165, 1.54) is 0 Å². The van der Waals surface area contributed by atoms with Gasteiger partial charge in [-0.3, -0.25) is 0 Å². The van der Waals surface area contributed by atoms with Crippen LogP contribution in [0.3, 0.4) is 0 Å². The first kappa shape index (κ1) is 21.8. The van der Waals surface area contributed by atoms with Crippen LogP contribution in [0, 0.1) is 5.21 Å². The maximum absolute atomic E-state index is 13.7. The van der Waals surface area contributed by atoms with E-state index in [2.05, 4.69) is 4.74 Å². The fraction of sp³-hybridized carbons (Fsp3) is 0.529. The van der Waals surface area contributed by atoms with E-state index in [4.69, 9.17) is 21.1 Å². The molecular weight excluding hydrogens is 356 g/mol. The van der Waals surface area contributed by atoms with Crippen molar-refractivity contribution in [3.63, 3.8) is 0 Å². The topological polar surface area (TPSA) is 50.8 Å². The Morgan fingerprint density at radius 1 is 1.20 bits per heavy atom. The highest BCUT2D eigenvalue weighted by Gasteiger charge is 2.32. The second-order valence-electron chi connectivity index (χ2n) is 5.30. The fourth-order valence-electron chi connectivity index (χ4n) is 1.97. The van der Waals surface area contributed by atoms with E-state index < -0.39 is 15.9 Å². The van der Waals surface area contributed by atoms with Crippen LogP contribution in [-0.4, -0.2) is 44.2 Å². The van der Waals surface area contributed by atoms with Crippen molar-refractivity contribution >= 4 is 11.6 Å². The number of halogens is 3. The predicted molar refractivity (Wildman–Crippen MR) is 92.2 cm³/mol. The second-order valence-corrected chi connectivity index (χ2v) is 5.69. The Balaban J connectivity index is 2.40. The molecule has 0 bridgehead atoms. The van der Waals surface area contributed by atoms with Gasteiger partial charge in [-0.05, 0) is 43.1 Å². The highest BCUT2D eigenvalue weighted by molar-refractivity contribution is 6.28. The van der Waals surface area contributed by atoms with Crippen LogP contribution in [-0.2, 0) is 16.1 Å². The molecule has 0 N–H and O–H groups in total. The molecule has 0 aromatic heterocycles. The number of rotatable bonds is 11. The van der Waals surface area contributed by atoms with Crippen LogP contribution in [0.5, 0.6) is 5.75 Å². The number of alkyl halides is 2. The van der Waals surface area contributed by atoms with Crippen molar-refractivity contribution in [2.45, 2.75) is 26.6 Å². The largest absolute Gasteiger partial charge is 0.627 e. The smallest absolute Gasteiger partial charge is 0.383 e. The maximum atomic E-state index is 13.7. The van der Waals surface area contributed by atoms with Gasteiger partial charge in [0.15, 0.2) is 0 Å². The third kappa shape index (κ3) is 7.25. The molecule has 1 aromatic rings. The number of quaternary nitrogens is 1. The zero-order chi connectivity index (χ0) is 18.9. The quantitative estimate of drug-likeness (QED) is 0.249. The highest BCUT2D eigenvalue weighted by Crippen LogP contribution is 2.26. The van der Waals surface area contributed by atoms with Crippen LogP contribution in [0.2, 0.25) is 0 Å². The number of benzene rings is 1. The predicted octanol–water partition coefficient (Wildman–Crippen LogP) is 4.26. The Morgan fingerprint density at radius 2 is 1.80 bits per heavy atom. The molecule has 0 heterocycles. The highest BCUT2D eigenvalue weighted by atomic mass is 35.5. The lowest BCUT2D eigenvalue weighted by atomic mass is 10.2. The fourth-order valence-corrected chi connectivity index (χ4v) is 2.34. The molecule has 1 aromatic carbocycles. The van der Waals surface area contributed by atoms with Crippen LogP contribution < -0.4 is 4.74 Å². The van der Waals surface area contributed by atoms with E-state index in [9.17, 15) is 14.0 Å². The molecule has 0 atom stereocenters. The average molecular weight is 380 g/mol. The summed E-state index contributed by atoms with van der Waals surface area (Å²) in [7, 11) is 1.57. The van der Waals surface area contributed by atoms with E-state index >= 15 is 0 Å². The first-order valence-electron chi connectivity index (χ1n) is 7.95. The molecule has 0 spiro atoms. The van der Waals surface area contributed by atoms with Gasteiger partial charge in [0.2, 0.25) is 5.16 Å². The van der Waals surface area contributed by atoms with Crippen LogP contribution in [0.15, 0.2) is 35.5 Å². The standard InChI is InChI=1S/C17H24ClF2NO4/c1-4-21(22,5-2)16(18)12-17(19,20)25-11-10-24-13-14-6-8-15(23-3)9-7-14/h6-9,12H,4-5,10-11,13H2,1-3H3/b16-12+. The zero-order valence-corrected chi connectivity index (χ0v) is 15.4. The normalized spacial score (nSPS) is 13.2. The van der Waals surface area contributed by atoms with Gasteiger partial charge in [-0.1, -0.05) is 12.1 Å². The Morgan fingerprint density at radius 3 is 2.32 bits per heavy atom. The number of hydroxylamine groups is 3. The minimum absolute atomic E-state index is 0.0218. The van der Waals surface area contributed by atoms with Crippen molar-refractivity contribution in [1.29, 1.82) is 0 Å². The summed E-state index contributed by atoms with van der Waals surface area (Å²) >= 11 is 5.74. The molecule has 8 heteroatoms. The number of ether oxygens (including phenoxy) is 3. The summed E-state index contributed by atoms with van der Waals surface area (Å²) in [5.41, 5.74) is 0.884. The number of hydrogen-bond acceptors (Lipinski definition) is 4. The molecule has 25 heavy (non-hydrogen) atoms. The lowest BCUT2D eigenvalue weighted by Gasteiger charge is -2.39. The summed E-state index contributed by atoms with van der Waals surface area (Å²) in [5, 5.41) is 11.6. The summed E-state index contributed by atoms with van der Waals surface area (Å²) in [6, 6.07) is 7.20. The van der Waals surface area contributed by atoms with E-state index in [-0.39, 0.29) is 32.9 Å². The molecule has 0 saturated carbocycles. The Labute approximate surface area is 151 Å². The van der Waals surface area contributed by atoms with Gasteiger partial charge in [0.05, 0.1) is 46.1 Å². The second kappa shape index (κ2) is 10.0. The lowest BCUT2D eigenvalue weighted by Crippen LogP contribution is -2.39. The van der Waals surface area contributed by atoms with Gasteiger partial charge >= 0.3 is 6.11 Å². The number of hydrogen-bond donors (Lipinski definition) is 0. The van der Waals surface area contributed by atoms with Gasteiger partial charge in [0, 0.05) is 0 Å². The summed E-state index contributed by atoms with van der Waals surface area (Å²) in [5.74, 6) is 0.724. The molecule has 0 saturated heterocycles. The van der Waals surface area contributed by atoms with E-state index in [1.54, 1.807) is 33.1 Å². The molecule has 0 amide bonds. The average Bonchev–Trinajstić information content (AvgIpc) is 2.60. The molecule has 1 rings (SSSR count). The van der Waals surface area contributed by atoms with Crippen LogP contribution in [0.25, 0.3) is 0 Å². The lowest BCUT2D eigenvalue weighted by molar-refractivity contribution is -0.832. The van der Waals surface area contributed by atoms with Crippen LogP contribution in [0.1, 0.15) is 19.4 Å². The van der Waals surface area contributed by atoms with Crippen LogP contribution >= 0.6 is 11.6 Å². The van der Waals surface area contributed by atoms with Gasteiger partial charge in [0.1, 0.15) is 5.75 Å². The van der Waals surface area contributed by atoms with Crippen molar-refractivity contribution in [3.05, 3.63) is 46.3 Å². The van der Waals surface area contributed by atoms with Crippen molar-refractivity contribution in [2.24, 2.45) is 0 Å². The molecule has 142 valence electrons. The molecule has 0 aliphatic heterocycles. The third-order valence-corrected chi connectivity index (χ3v) is 4.07. The van der Waals surface area contributed by atoms with Crippen molar-refractivity contribution in [2.75, 3.05) is 33.4 Å². The van der Waals surface area contributed by atoms with Gasteiger partial charge in [-0.25, -0.2) is 0 Å². The van der Waals surface area contributed by atoms with E-state index in [1.807, 2.05) is 12.1 Å². The van der Waals surface area contributed by atoms with Crippen LogP contribution in [0.4, 0.5) is 8.78 Å². The molecule has 0 aliphatic carbocycles. The van der Waals surface area contributed by atoms with E-state index in [0.717, 1.165) is 11.3 Å². The molecule has 0 radical (unpaired) electrons. The van der Waals surface area contributed by atoms with Crippen molar-refractivity contribution in [1.82, 2.24) is 0 Å². The van der Waals surface area contributed by atoms with Gasteiger partial charge in [-0.15, -0.1) is 0 Å². The Hall–Kier alpha value is -1.25. The first-order valence-corrected chi connectivity index (χ1v) is 8.33. The van der Waals surface area contributed by atoms with E-state index in [0.29, 0.717) is 6.08 Å². The Kier molecular flexibility index (Phi) is 8.75. The molecule has 0 fully saturated rings. The minimum atomic E-state index is -3.63. The number of nitrogens with zero attached hydrogens (tertiary/aromatic N) is 1. The first-order chi connectivity index (χ1) is 11.8. The van der Waals surface area contributed by atoms with Gasteiger partial charge < -0.3 is 24.1 Å². The SMILES string of the molecule is CC[N+]([O-])(CC)/C(Cl)=C/C(F)(F)OCCOCc1ccc(OC)cc1. The Bertz CT molecular complexity index is 548. The third-order valence-electron chi connectivity index (χ3n) is 3.65. The number of methoxy groups -OCH3 is 1. The van der Waals surface area contributed by atoms with Crippen molar-refractivity contribution in [3.8, 4) is 5.75 Å². The zero-order valence-electron chi connectivity index (χ0n) is 14.6. The molecule has 0 aliphatic rings. The summed E-state index contributed by atoms with van der Waals surface area (Å²) in [6.45, 7) is 3.20. The summed E-state index contributed by atoms with van der Waals surface area (Å²) < 4.78 is 41.2.